The summed E-state index contributed by atoms with van der Waals surface area (Å²) in [4.78, 5) is 12.2. The molecule has 3 heterocycles. The van der Waals surface area contributed by atoms with Crippen molar-refractivity contribution >= 4 is 5.78 Å². The summed E-state index contributed by atoms with van der Waals surface area (Å²) in [5.74, 6) is 1.77. The van der Waals surface area contributed by atoms with Gasteiger partial charge in [0.2, 0.25) is 0 Å². The van der Waals surface area contributed by atoms with Crippen LogP contribution in [0.1, 0.15) is 51.4 Å². The van der Waals surface area contributed by atoms with Gasteiger partial charge in [-0.2, -0.15) is 0 Å². The molecule has 0 aliphatic carbocycles. The van der Waals surface area contributed by atoms with E-state index in [4.69, 9.17) is 4.74 Å². The molecule has 0 saturated carbocycles. The molecule has 18 heavy (non-hydrogen) atoms. The van der Waals surface area contributed by atoms with E-state index < -0.39 is 0 Å². The average Bonchev–Trinajstić information content (AvgIpc) is 2.70. The number of fused-ring (bicyclic) bond motifs is 2. The van der Waals surface area contributed by atoms with Crippen LogP contribution in [-0.4, -0.2) is 31.1 Å². The van der Waals surface area contributed by atoms with Crippen molar-refractivity contribution in [2.75, 3.05) is 13.2 Å². The van der Waals surface area contributed by atoms with Crippen LogP contribution in [0.25, 0.3) is 0 Å². The molecule has 3 nitrogen and oxygen atoms in total. The monoisotopic (exact) mass is 251 g/mol. The first kappa shape index (κ1) is 12.6. The van der Waals surface area contributed by atoms with Gasteiger partial charge in [-0.25, -0.2) is 0 Å². The third kappa shape index (κ3) is 3.12. The Balaban J connectivity index is 1.43. The fraction of sp³-hybridized carbons (Fsp3) is 0.933. The van der Waals surface area contributed by atoms with Gasteiger partial charge < -0.3 is 10.1 Å². The highest BCUT2D eigenvalue weighted by Crippen LogP contribution is 2.33. The van der Waals surface area contributed by atoms with Crippen molar-refractivity contribution in [2.24, 2.45) is 11.8 Å². The lowest BCUT2D eigenvalue weighted by atomic mass is 9.85. The highest BCUT2D eigenvalue weighted by atomic mass is 16.5. The maximum atomic E-state index is 12.2. The predicted octanol–water partition coefficient (Wildman–Crippen LogP) is 2.29. The molecule has 0 radical (unpaired) electrons. The number of hydrogen-bond donors (Lipinski definition) is 1. The average molecular weight is 251 g/mol. The fourth-order valence-corrected chi connectivity index (χ4v) is 4.02. The first-order valence-corrected chi connectivity index (χ1v) is 7.65. The minimum atomic E-state index is 0.508. The molecule has 3 saturated heterocycles. The van der Waals surface area contributed by atoms with Crippen molar-refractivity contribution in [3.63, 3.8) is 0 Å². The molecule has 102 valence electrons. The quantitative estimate of drug-likeness (QED) is 0.833. The molecule has 3 fully saturated rings. The molecule has 0 amide bonds. The normalized spacial score (nSPS) is 36.8. The van der Waals surface area contributed by atoms with E-state index in [1.807, 2.05) is 0 Å². The molecule has 3 heteroatoms. The molecule has 2 atom stereocenters. The third-order valence-electron chi connectivity index (χ3n) is 4.94. The zero-order valence-electron chi connectivity index (χ0n) is 11.2. The Hall–Kier alpha value is -0.410. The number of ether oxygens (including phenoxy) is 1. The summed E-state index contributed by atoms with van der Waals surface area (Å²) in [6, 6.07) is 1.43. The van der Waals surface area contributed by atoms with Crippen molar-refractivity contribution in [3.05, 3.63) is 0 Å². The predicted molar refractivity (Wildman–Crippen MR) is 70.5 cm³/mol. The van der Waals surface area contributed by atoms with Gasteiger partial charge in [-0.15, -0.1) is 0 Å². The minimum Gasteiger partial charge on any atom is -0.381 e. The van der Waals surface area contributed by atoms with E-state index >= 15 is 0 Å². The van der Waals surface area contributed by atoms with Crippen LogP contribution in [0.15, 0.2) is 0 Å². The van der Waals surface area contributed by atoms with E-state index in [1.165, 1.54) is 25.7 Å². The Labute approximate surface area is 110 Å². The van der Waals surface area contributed by atoms with Gasteiger partial charge in [0.1, 0.15) is 5.78 Å². The summed E-state index contributed by atoms with van der Waals surface area (Å²) < 4.78 is 5.35. The van der Waals surface area contributed by atoms with Gasteiger partial charge in [-0.05, 0) is 50.4 Å². The van der Waals surface area contributed by atoms with Gasteiger partial charge in [0.05, 0.1) is 0 Å². The fourth-order valence-electron chi connectivity index (χ4n) is 4.02. The van der Waals surface area contributed by atoms with Crippen LogP contribution in [0.4, 0.5) is 0 Å². The van der Waals surface area contributed by atoms with Gasteiger partial charge in [0, 0.05) is 38.1 Å². The van der Waals surface area contributed by atoms with Crippen LogP contribution in [0.3, 0.4) is 0 Å². The number of carbonyl (C=O) groups is 1. The molecule has 2 bridgehead atoms. The SMILES string of the molecule is O=C(CC1CCOCC1)CC1CC2CCC(C1)N2. The smallest absolute Gasteiger partial charge is 0.133 e. The second-order valence-electron chi connectivity index (χ2n) is 6.48. The van der Waals surface area contributed by atoms with Gasteiger partial charge in [0.15, 0.2) is 0 Å². The molecule has 0 aromatic rings. The summed E-state index contributed by atoms with van der Waals surface area (Å²) in [7, 11) is 0. The molecular weight excluding hydrogens is 226 g/mol. The standard InChI is InChI=1S/C15H25NO2/c17-15(9-11-3-5-18-6-4-11)10-12-7-13-1-2-14(8-12)16-13/h11-14,16H,1-10H2. The van der Waals surface area contributed by atoms with Crippen LogP contribution in [0.2, 0.25) is 0 Å². The van der Waals surface area contributed by atoms with Gasteiger partial charge >= 0.3 is 0 Å². The minimum absolute atomic E-state index is 0.508. The van der Waals surface area contributed by atoms with E-state index in [0.717, 1.165) is 38.9 Å². The van der Waals surface area contributed by atoms with Crippen LogP contribution in [0, 0.1) is 11.8 Å². The van der Waals surface area contributed by atoms with Crippen molar-refractivity contribution in [2.45, 2.75) is 63.5 Å². The maximum absolute atomic E-state index is 12.2. The van der Waals surface area contributed by atoms with Crippen molar-refractivity contribution in [1.82, 2.24) is 5.32 Å². The number of nitrogens with one attached hydrogen (secondary N) is 1. The summed E-state index contributed by atoms with van der Waals surface area (Å²) in [5, 5.41) is 3.65. The van der Waals surface area contributed by atoms with E-state index in [9.17, 15) is 4.79 Å². The largest absolute Gasteiger partial charge is 0.381 e. The topological polar surface area (TPSA) is 38.3 Å². The molecule has 0 aromatic carbocycles. The lowest BCUT2D eigenvalue weighted by Gasteiger charge is -2.29. The molecule has 3 aliphatic heterocycles. The van der Waals surface area contributed by atoms with Crippen molar-refractivity contribution in [1.29, 1.82) is 0 Å². The molecule has 3 aliphatic rings. The van der Waals surface area contributed by atoms with Crippen LogP contribution in [-0.2, 0) is 9.53 Å². The van der Waals surface area contributed by atoms with Gasteiger partial charge in [-0.1, -0.05) is 0 Å². The Morgan fingerprint density at radius 2 is 1.56 bits per heavy atom. The zero-order chi connectivity index (χ0) is 12.4. The molecule has 2 unspecified atom stereocenters. The van der Waals surface area contributed by atoms with E-state index in [-0.39, 0.29) is 0 Å². The summed E-state index contributed by atoms with van der Waals surface area (Å²) >= 11 is 0. The van der Waals surface area contributed by atoms with Crippen molar-refractivity contribution < 1.29 is 9.53 Å². The molecular formula is C15H25NO2. The van der Waals surface area contributed by atoms with Crippen molar-refractivity contribution in [3.8, 4) is 0 Å². The number of rotatable bonds is 4. The van der Waals surface area contributed by atoms with E-state index in [2.05, 4.69) is 5.32 Å². The Morgan fingerprint density at radius 1 is 0.944 bits per heavy atom. The highest BCUT2D eigenvalue weighted by molar-refractivity contribution is 5.78. The second-order valence-corrected chi connectivity index (χ2v) is 6.48. The van der Waals surface area contributed by atoms with Crippen LogP contribution in [0.5, 0.6) is 0 Å². The van der Waals surface area contributed by atoms with Gasteiger partial charge in [-0.3, -0.25) is 4.79 Å². The number of piperidine rings is 1. The number of carbonyl (C=O) groups excluding carboxylic acids is 1. The number of Topliss-reactive ketones (excluding diaryl/α,β-unsaturated/α-hetero) is 1. The lowest BCUT2D eigenvalue weighted by Crippen LogP contribution is -2.38. The first-order chi connectivity index (χ1) is 8.79. The molecule has 3 rings (SSSR count). The van der Waals surface area contributed by atoms with Crippen LogP contribution >= 0.6 is 0 Å². The third-order valence-corrected chi connectivity index (χ3v) is 4.94. The molecule has 0 aromatic heterocycles. The summed E-state index contributed by atoms with van der Waals surface area (Å²) in [5.41, 5.74) is 0. The molecule has 0 spiro atoms. The Bertz CT molecular complexity index is 287. The second kappa shape index (κ2) is 5.70. The summed E-state index contributed by atoms with van der Waals surface area (Å²) in [6.45, 7) is 1.71. The van der Waals surface area contributed by atoms with Crippen LogP contribution < -0.4 is 5.32 Å². The van der Waals surface area contributed by atoms with E-state index in [0.29, 0.717) is 29.7 Å². The maximum Gasteiger partial charge on any atom is 0.133 e. The number of ketones is 1. The zero-order valence-corrected chi connectivity index (χ0v) is 11.2. The molecule has 1 N–H and O–H groups in total. The van der Waals surface area contributed by atoms with E-state index in [1.54, 1.807) is 0 Å². The lowest BCUT2D eigenvalue weighted by molar-refractivity contribution is -0.121. The van der Waals surface area contributed by atoms with Gasteiger partial charge in [0.25, 0.3) is 0 Å². The summed E-state index contributed by atoms with van der Waals surface area (Å²) in [6.07, 6.45) is 8.94. The Morgan fingerprint density at radius 3 is 2.22 bits per heavy atom. The Kier molecular flexibility index (Phi) is 4.00. The number of hydrogen-bond acceptors (Lipinski definition) is 3. The highest BCUT2D eigenvalue weighted by Gasteiger charge is 2.34. The first-order valence-electron chi connectivity index (χ1n) is 7.65.